The summed E-state index contributed by atoms with van der Waals surface area (Å²) in [5, 5.41) is 2.54. The Balaban J connectivity index is 2.51. The Labute approximate surface area is 118 Å². The number of carbonyl (C=O) groups is 1. The van der Waals surface area contributed by atoms with Gasteiger partial charge in [-0.2, -0.15) is 0 Å². The average molecular weight is 386 g/mol. The fraction of sp³-hybridized carbons (Fsp3) is 0.300. The summed E-state index contributed by atoms with van der Waals surface area (Å²) < 4.78 is 37.1. The minimum Gasteiger partial charge on any atom is -0.351 e. The van der Waals surface area contributed by atoms with Crippen molar-refractivity contribution in [1.82, 2.24) is 10.0 Å². The minimum atomic E-state index is -3.25. The van der Waals surface area contributed by atoms with Gasteiger partial charge in [-0.15, -0.1) is 0 Å². The second kappa shape index (κ2) is 6.43. The van der Waals surface area contributed by atoms with Gasteiger partial charge in [0.25, 0.3) is 5.91 Å². The zero-order valence-corrected chi connectivity index (χ0v) is 12.5. The molecule has 0 aliphatic heterocycles. The number of amides is 1. The lowest BCUT2D eigenvalue weighted by Crippen LogP contribution is -2.34. The van der Waals surface area contributed by atoms with Gasteiger partial charge in [-0.1, -0.05) is 0 Å². The van der Waals surface area contributed by atoms with Crippen molar-refractivity contribution in [2.24, 2.45) is 0 Å². The van der Waals surface area contributed by atoms with Crippen LogP contribution in [0.5, 0.6) is 0 Å². The number of benzene rings is 1. The minimum absolute atomic E-state index is 0.113. The van der Waals surface area contributed by atoms with Gasteiger partial charge in [0.15, 0.2) is 0 Å². The molecule has 5 nitrogen and oxygen atoms in total. The van der Waals surface area contributed by atoms with Crippen LogP contribution in [-0.2, 0) is 10.0 Å². The molecule has 1 aromatic carbocycles. The van der Waals surface area contributed by atoms with E-state index < -0.39 is 15.8 Å². The maximum atomic E-state index is 12.8. The van der Waals surface area contributed by atoms with Crippen molar-refractivity contribution >= 4 is 38.5 Å². The molecule has 1 aromatic rings. The lowest BCUT2D eigenvalue weighted by atomic mass is 10.2. The maximum absolute atomic E-state index is 12.8. The van der Waals surface area contributed by atoms with E-state index >= 15 is 0 Å². The Hall–Kier alpha value is -0.740. The summed E-state index contributed by atoms with van der Waals surface area (Å²) in [6.45, 7) is 0.279. The monoisotopic (exact) mass is 386 g/mol. The molecular weight excluding hydrogens is 374 g/mol. The van der Waals surface area contributed by atoms with Crippen LogP contribution in [0.15, 0.2) is 18.2 Å². The van der Waals surface area contributed by atoms with Gasteiger partial charge in [0.2, 0.25) is 10.0 Å². The maximum Gasteiger partial charge on any atom is 0.252 e. The zero-order valence-electron chi connectivity index (χ0n) is 9.54. The Morgan fingerprint density at radius 2 is 2.06 bits per heavy atom. The fourth-order valence-corrected chi connectivity index (χ4v) is 2.38. The van der Waals surface area contributed by atoms with Crippen molar-refractivity contribution in [3.63, 3.8) is 0 Å². The lowest BCUT2D eigenvalue weighted by Gasteiger charge is -2.07. The third-order valence-corrected chi connectivity index (χ3v) is 3.57. The van der Waals surface area contributed by atoms with E-state index in [2.05, 4.69) is 10.0 Å². The largest absolute Gasteiger partial charge is 0.351 e. The molecule has 18 heavy (non-hydrogen) atoms. The van der Waals surface area contributed by atoms with Crippen LogP contribution in [0.2, 0.25) is 0 Å². The molecule has 0 bridgehead atoms. The van der Waals surface area contributed by atoms with Crippen LogP contribution in [0.3, 0.4) is 0 Å². The first-order valence-corrected chi connectivity index (χ1v) is 7.94. The second-order valence-corrected chi connectivity index (χ2v) is 6.54. The summed E-state index contributed by atoms with van der Waals surface area (Å²) in [5.74, 6) is -0.774. The first kappa shape index (κ1) is 15.3. The molecule has 0 radical (unpaired) electrons. The van der Waals surface area contributed by atoms with E-state index in [9.17, 15) is 17.6 Å². The normalized spacial score (nSPS) is 11.3. The van der Waals surface area contributed by atoms with Crippen LogP contribution in [0.4, 0.5) is 4.39 Å². The molecule has 0 saturated carbocycles. The molecule has 0 atom stereocenters. The number of rotatable bonds is 5. The van der Waals surface area contributed by atoms with E-state index in [-0.39, 0.29) is 19.0 Å². The molecule has 100 valence electrons. The Bertz CT molecular complexity index is 548. The third kappa shape index (κ3) is 5.27. The van der Waals surface area contributed by atoms with Crippen molar-refractivity contribution in [1.29, 1.82) is 0 Å². The van der Waals surface area contributed by atoms with Crippen molar-refractivity contribution in [2.75, 3.05) is 19.3 Å². The number of sulfonamides is 1. The van der Waals surface area contributed by atoms with Crippen LogP contribution in [0.1, 0.15) is 10.4 Å². The topological polar surface area (TPSA) is 75.3 Å². The highest BCUT2D eigenvalue weighted by Crippen LogP contribution is 2.13. The standard InChI is InChI=1S/C10H12FIN2O3S/c1-18(16,17)14-5-4-13-10(15)8-3-2-7(11)6-9(8)12/h2-3,6,14H,4-5H2,1H3,(H,13,15). The zero-order chi connectivity index (χ0) is 13.8. The van der Waals surface area contributed by atoms with Gasteiger partial charge in [0.05, 0.1) is 11.8 Å². The molecule has 0 saturated heterocycles. The van der Waals surface area contributed by atoms with Crippen LogP contribution in [0, 0.1) is 9.39 Å². The molecule has 0 aliphatic rings. The first-order valence-electron chi connectivity index (χ1n) is 4.97. The summed E-state index contributed by atoms with van der Waals surface area (Å²) in [6.07, 6.45) is 1.04. The summed E-state index contributed by atoms with van der Waals surface area (Å²) in [4.78, 5) is 11.7. The molecule has 0 aliphatic carbocycles. The van der Waals surface area contributed by atoms with Gasteiger partial charge in [-0.05, 0) is 40.8 Å². The van der Waals surface area contributed by atoms with E-state index in [1.54, 1.807) is 0 Å². The highest BCUT2D eigenvalue weighted by Gasteiger charge is 2.10. The number of halogens is 2. The van der Waals surface area contributed by atoms with Crippen molar-refractivity contribution in [3.8, 4) is 0 Å². The van der Waals surface area contributed by atoms with Crippen LogP contribution in [-0.4, -0.2) is 33.7 Å². The fourth-order valence-electron chi connectivity index (χ4n) is 1.18. The van der Waals surface area contributed by atoms with Crippen molar-refractivity contribution in [2.45, 2.75) is 0 Å². The van der Waals surface area contributed by atoms with Crippen LogP contribution < -0.4 is 10.0 Å². The SMILES string of the molecule is CS(=O)(=O)NCCNC(=O)c1ccc(F)cc1I. The first-order chi connectivity index (χ1) is 8.29. The van der Waals surface area contributed by atoms with E-state index in [1.807, 2.05) is 22.6 Å². The third-order valence-electron chi connectivity index (χ3n) is 1.95. The Morgan fingerprint density at radius 1 is 1.39 bits per heavy atom. The number of hydrogen-bond donors (Lipinski definition) is 2. The van der Waals surface area contributed by atoms with Gasteiger partial charge < -0.3 is 5.32 Å². The summed E-state index contributed by atoms with van der Waals surface area (Å²) in [7, 11) is -3.25. The number of hydrogen-bond acceptors (Lipinski definition) is 3. The van der Waals surface area contributed by atoms with Gasteiger partial charge in [0, 0.05) is 16.7 Å². The molecule has 2 N–H and O–H groups in total. The number of nitrogens with one attached hydrogen (secondary N) is 2. The molecule has 8 heteroatoms. The van der Waals surface area contributed by atoms with Crippen LogP contribution in [0.25, 0.3) is 0 Å². The van der Waals surface area contributed by atoms with Gasteiger partial charge in [-0.25, -0.2) is 17.5 Å². The van der Waals surface area contributed by atoms with E-state index in [0.717, 1.165) is 6.26 Å². The predicted molar refractivity (Wildman–Crippen MR) is 74.3 cm³/mol. The molecule has 0 spiro atoms. The number of carbonyl (C=O) groups excluding carboxylic acids is 1. The second-order valence-electron chi connectivity index (χ2n) is 3.55. The Morgan fingerprint density at radius 3 is 2.61 bits per heavy atom. The molecule has 0 aromatic heterocycles. The molecule has 1 amide bonds. The smallest absolute Gasteiger partial charge is 0.252 e. The highest BCUT2D eigenvalue weighted by molar-refractivity contribution is 14.1. The molecule has 0 fully saturated rings. The van der Waals surface area contributed by atoms with Crippen molar-refractivity contribution in [3.05, 3.63) is 33.1 Å². The molecule has 1 rings (SSSR count). The van der Waals surface area contributed by atoms with Gasteiger partial charge in [-0.3, -0.25) is 4.79 Å². The van der Waals surface area contributed by atoms with E-state index in [1.165, 1.54) is 18.2 Å². The summed E-state index contributed by atoms with van der Waals surface area (Å²) in [5.41, 5.74) is 0.358. The van der Waals surface area contributed by atoms with Gasteiger partial charge in [0.1, 0.15) is 5.82 Å². The van der Waals surface area contributed by atoms with Crippen LogP contribution >= 0.6 is 22.6 Å². The molecule has 0 heterocycles. The predicted octanol–water partition coefficient (Wildman–Crippen LogP) is 0.709. The van der Waals surface area contributed by atoms with Gasteiger partial charge >= 0.3 is 0 Å². The van der Waals surface area contributed by atoms with E-state index in [0.29, 0.717) is 9.13 Å². The summed E-state index contributed by atoms with van der Waals surface area (Å²) in [6, 6.07) is 3.84. The van der Waals surface area contributed by atoms with Crippen molar-refractivity contribution < 1.29 is 17.6 Å². The summed E-state index contributed by atoms with van der Waals surface area (Å²) >= 11 is 1.86. The highest BCUT2D eigenvalue weighted by atomic mass is 127. The quantitative estimate of drug-likeness (QED) is 0.578. The molecular formula is C10H12FIN2O3S. The lowest BCUT2D eigenvalue weighted by molar-refractivity contribution is 0.0953. The average Bonchev–Trinajstić information content (AvgIpc) is 2.22. The van der Waals surface area contributed by atoms with E-state index in [4.69, 9.17) is 0 Å². The Kier molecular flexibility index (Phi) is 5.47. The molecule has 0 unspecified atom stereocenters.